The highest BCUT2D eigenvalue weighted by Gasteiger charge is 2.69. The number of fused-ring (bicyclic) bond motifs is 3. The average Bonchev–Trinajstić information content (AvgIpc) is 3.35. The Morgan fingerprint density at radius 1 is 1.26 bits per heavy atom. The highest BCUT2D eigenvalue weighted by atomic mass is 32.1. The van der Waals surface area contributed by atoms with Crippen molar-refractivity contribution in [1.29, 1.82) is 0 Å². The van der Waals surface area contributed by atoms with Crippen LogP contribution in [0.1, 0.15) is 10.7 Å². The minimum absolute atomic E-state index is 0.000274. The second kappa shape index (κ2) is 7.15. The topological polar surface area (TPSA) is 128 Å². The molecule has 2 aliphatic heterocycles. The van der Waals surface area contributed by atoms with E-state index in [9.17, 15) is 4.79 Å². The molecule has 4 aromatic rings. The molecule has 6 N–H and O–H groups in total. The number of nitrogens with one attached hydrogen (secondary N) is 4. The van der Waals surface area contributed by atoms with Gasteiger partial charge in [0.1, 0.15) is 28.0 Å². The molecule has 9 nitrogen and oxygen atoms in total. The number of rotatable bonds is 4. The molecule has 1 aromatic carbocycles. The van der Waals surface area contributed by atoms with Gasteiger partial charge in [-0.05, 0) is 37.0 Å². The highest BCUT2D eigenvalue weighted by molar-refractivity contribution is 7.09. The zero-order valence-electron chi connectivity index (χ0n) is 18.9. The maximum absolute atomic E-state index is 15.3. The van der Waals surface area contributed by atoms with Crippen molar-refractivity contribution in [2.24, 2.45) is 17.6 Å². The van der Waals surface area contributed by atoms with Crippen LogP contribution in [-0.2, 0) is 5.41 Å². The number of hydrogen-bond acceptors (Lipinski definition) is 8. The Morgan fingerprint density at radius 3 is 2.83 bits per heavy atom. The Labute approximate surface area is 203 Å². The Balaban J connectivity index is 1.13. The normalized spacial score (nSPS) is 24.5. The van der Waals surface area contributed by atoms with Gasteiger partial charge in [0, 0.05) is 64.9 Å². The number of anilines is 2. The Morgan fingerprint density at radius 2 is 2.09 bits per heavy atom. The monoisotopic (exact) mass is 490 g/mol. The number of hydrogen-bond donors (Lipinski definition) is 5. The molecule has 3 aliphatic rings. The lowest BCUT2D eigenvalue weighted by atomic mass is 10.0. The number of thiazole rings is 1. The van der Waals surface area contributed by atoms with Gasteiger partial charge in [0.25, 0.3) is 5.56 Å². The lowest BCUT2D eigenvalue weighted by Gasteiger charge is -2.30. The van der Waals surface area contributed by atoms with Crippen LogP contribution in [0.5, 0.6) is 0 Å². The first-order valence-electron chi connectivity index (χ1n) is 11.5. The number of piperidine rings is 1. The molecule has 0 spiro atoms. The molecule has 0 radical (unpaired) electrons. The summed E-state index contributed by atoms with van der Waals surface area (Å²) in [4.78, 5) is 21.6. The number of aromatic amines is 2. The Kier molecular flexibility index (Phi) is 4.22. The summed E-state index contributed by atoms with van der Waals surface area (Å²) in [6, 6.07) is 4.77. The van der Waals surface area contributed by atoms with Crippen LogP contribution in [0.25, 0.3) is 22.0 Å². The van der Waals surface area contributed by atoms with Gasteiger partial charge < -0.3 is 26.3 Å². The minimum Gasteiger partial charge on any atom is -0.356 e. The Hall–Kier alpha value is -3.70. The van der Waals surface area contributed by atoms with Gasteiger partial charge in [-0.3, -0.25) is 9.89 Å². The summed E-state index contributed by atoms with van der Waals surface area (Å²) >= 11 is 1.72. The molecular formula is C24H23FN8OS. The van der Waals surface area contributed by atoms with E-state index in [0.29, 0.717) is 46.5 Å². The summed E-state index contributed by atoms with van der Waals surface area (Å²) < 4.78 is 15.3. The van der Waals surface area contributed by atoms with E-state index in [1.165, 1.54) is 6.20 Å². The van der Waals surface area contributed by atoms with Crippen molar-refractivity contribution in [3.8, 4) is 11.3 Å². The van der Waals surface area contributed by atoms with Crippen molar-refractivity contribution in [2.45, 2.75) is 12.3 Å². The predicted molar refractivity (Wildman–Crippen MR) is 134 cm³/mol. The molecule has 178 valence electrons. The fourth-order valence-electron chi connectivity index (χ4n) is 5.86. The van der Waals surface area contributed by atoms with E-state index in [-0.39, 0.29) is 16.4 Å². The second-order valence-corrected chi connectivity index (χ2v) is 10.3. The standard InChI is InChI=1S/C24H23FN8OS/c1-11-9-35-23(29-11)24(10-26)15-7-33(8-16(15)24)17-6-28-20-19(31-32-21(20)30-17)14-3-2-13-12(18(14)25)4-5-27-22(13)34/h2-6,9,15-16,28H,7-8,10,26H2,1H3,(H,27,34)(H2,30,31,32)/t15-,16+,24-. The number of nitrogens with two attached hydrogens (primary N) is 1. The number of H-pyrrole nitrogens is 2. The number of halogens is 1. The summed E-state index contributed by atoms with van der Waals surface area (Å²) in [5.41, 5.74) is 8.41. The van der Waals surface area contributed by atoms with E-state index < -0.39 is 5.82 Å². The third kappa shape index (κ3) is 2.79. The third-order valence-corrected chi connectivity index (χ3v) is 8.90. The second-order valence-electron chi connectivity index (χ2n) is 9.47. The van der Waals surface area contributed by atoms with Crippen molar-refractivity contribution in [1.82, 2.24) is 25.1 Å². The van der Waals surface area contributed by atoms with Gasteiger partial charge in [0.2, 0.25) is 0 Å². The molecule has 0 amide bonds. The van der Waals surface area contributed by atoms with Gasteiger partial charge in [-0.2, -0.15) is 5.10 Å². The summed E-state index contributed by atoms with van der Waals surface area (Å²) in [5, 5.41) is 17.9. The van der Waals surface area contributed by atoms with Gasteiger partial charge in [0.05, 0.1) is 0 Å². The highest BCUT2D eigenvalue weighted by Crippen LogP contribution is 2.64. The molecule has 0 unspecified atom stereocenters. The first-order valence-corrected chi connectivity index (χ1v) is 12.4. The van der Waals surface area contributed by atoms with Crippen LogP contribution in [0, 0.1) is 24.6 Å². The Bertz CT molecular complexity index is 1570. The van der Waals surface area contributed by atoms with Crippen molar-refractivity contribution in [3.05, 3.63) is 68.7 Å². The van der Waals surface area contributed by atoms with Crippen LogP contribution in [-0.4, -0.2) is 44.7 Å². The number of likely N-dealkylation sites (tertiary alicyclic amines) is 1. The summed E-state index contributed by atoms with van der Waals surface area (Å²) in [6.45, 7) is 4.43. The van der Waals surface area contributed by atoms with Crippen molar-refractivity contribution < 1.29 is 4.39 Å². The summed E-state index contributed by atoms with van der Waals surface area (Å²) in [5.74, 6) is 2.09. The molecular weight excluding hydrogens is 467 g/mol. The zero-order valence-corrected chi connectivity index (χ0v) is 19.7. The van der Waals surface area contributed by atoms with E-state index in [1.807, 2.05) is 13.1 Å². The largest absolute Gasteiger partial charge is 0.356 e. The molecule has 7 rings (SSSR count). The number of aryl methyl sites for hydroxylation is 1. The quantitative estimate of drug-likeness (QED) is 0.298. The van der Waals surface area contributed by atoms with Gasteiger partial charge in [-0.25, -0.2) is 9.37 Å². The molecule has 11 heteroatoms. The van der Waals surface area contributed by atoms with Crippen molar-refractivity contribution in [2.75, 3.05) is 30.3 Å². The van der Waals surface area contributed by atoms with Crippen LogP contribution in [0.4, 0.5) is 15.9 Å². The van der Waals surface area contributed by atoms with Crippen LogP contribution in [0.2, 0.25) is 0 Å². The van der Waals surface area contributed by atoms with E-state index in [1.54, 1.807) is 29.5 Å². The molecule has 1 aliphatic carbocycles. The molecule has 0 bridgehead atoms. The number of benzene rings is 1. The molecule has 5 heterocycles. The van der Waals surface area contributed by atoms with Crippen LogP contribution >= 0.6 is 11.3 Å². The lowest BCUT2D eigenvalue weighted by Crippen LogP contribution is -2.37. The van der Waals surface area contributed by atoms with Gasteiger partial charge in [-0.15, -0.1) is 11.3 Å². The van der Waals surface area contributed by atoms with Crippen molar-refractivity contribution in [3.63, 3.8) is 0 Å². The van der Waals surface area contributed by atoms with Crippen LogP contribution in [0.3, 0.4) is 0 Å². The number of nitrogens with zero attached hydrogens (tertiary/aromatic N) is 3. The zero-order chi connectivity index (χ0) is 23.9. The molecule has 35 heavy (non-hydrogen) atoms. The fourth-order valence-corrected chi connectivity index (χ4v) is 7.00. The van der Waals surface area contributed by atoms with E-state index in [0.717, 1.165) is 29.6 Å². The predicted octanol–water partition coefficient (Wildman–Crippen LogP) is 2.92. The summed E-state index contributed by atoms with van der Waals surface area (Å²) in [6.07, 6.45) is 3.34. The summed E-state index contributed by atoms with van der Waals surface area (Å²) in [7, 11) is 0. The third-order valence-electron chi connectivity index (χ3n) is 7.75. The first-order chi connectivity index (χ1) is 17.0. The van der Waals surface area contributed by atoms with Gasteiger partial charge >= 0.3 is 0 Å². The van der Waals surface area contributed by atoms with Crippen LogP contribution < -0.4 is 21.9 Å². The molecule has 1 saturated carbocycles. The molecule has 3 atom stereocenters. The smallest absolute Gasteiger partial charge is 0.255 e. The average molecular weight is 491 g/mol. The molecule has 3 aromatic heterocycles. The fraction of sp³-hybridized carbons (Fsp3) is 0.292. The van der Waals surface area contributed by atoms with Gasteiger partial charge in [0.15, 0.2) is 5.82 Å². The minimum atomic E-state index is -0.477. The van der Waals surface area contributed by atoms with E-state index in [4.69, 9.17) is 10.7 Å². The molecule has 2 fully saturated rings. The van der Waals surface area contributed by atoms with Gasteiger partial charge in [-0.1, -0.05) is 0 Å². The maximum Gasteiger partial charge on any atom is 0.255 e. The lowest BCUT2D eigenvalue weighted by molar-refractivity contribution is 0.336. The van der Waals surface area contributed by atoms with Crippen molar-refractivity contribution >= 4 is 33.6 Å². The van der Waals surface area contributed by atoms with E-state index in [2.05, 4.69) is 36.1 Å². The maximum atomic E-state index is 15.3. The van der Waals surface area contributed by atoms with Crippen LogP contribution in [0.15, 0.2) is 46.6 Å². The van der Waals surface area contributed by atoms with E-state index >= 15 is 4.39 Å². The first kappa shape index (κ1) is 20.7. The molecule has 1 saturated heterocycles. The number of pyridine rings is 1. The number of aromatic nitrogens is 4. The SMILES string of the molecule is Cc1csc([C@]2(CN)[C@@H]3CN(C4=CNc5c(-c6ccc7c(=O)[nH]ccc7c6F)n[nH]c5N4)C[C@@H]32)n1.